The van der Waals surface area contributed by atoms with Crippen molar-refractivity contribution in [2.75, 3.05) is 30.4 Å². The molecule has 1 N–H and O–H groups in total. The molecule has 0 aromatic heterocycles. The largest absolute Gasteiger partial charge is 0.495 e. The molecule has 0 unspecified atom stereocenters. The Morgan fingerprint density at radius 1 is 0.909 bits per heavy atom. The monoisotopic (exact) mass is 468 g/mol. The molecular weight excluding hydrogens is 444 g/mol. The number of sulfonamides is 1. The van der Waals surface area contributed by atoms with Gasteiger partial charge in [-0.1, -0.05) is 29.8 Å². The fraction of sp³-hybridized carbons (Fsp3) is 0.167. The molecule has 8 nitrogen and oxygen atoms in total. The van der Waals surface area contributed by atoms with Crippen molar-refractivity contribution in [2.45, 2.75) is 11.8 Å². The maximum absolute atomic E-state index is 13.5. The van der Waals surface area contributed by atoms with Gasteiger partial charge in [0.25, 0.3) is 10.0 Å². The second-order valence-corrected chi connectivity index (χ2v) is 8.98. The van der Waals surface area contributed by atoms with Crippen LogP contribution in [0, 0.1) is 6.92 Å². The molecule has 0 spiro atoms. The van der Waals surface area contributed by atoms with Crippen LogP contribution in [0.25, 0.3) is 0 Å². The Bertz CT molecular complexity index is 1240. The van der Waals surface area contributed by atoms with Gasteiger partial charge in [0.2, 0.25) is 5.91 Å². The predicted molar refractivity (Wildman–Crippen MR) is 125 cm³/mol. The smallest absolute Gasteiger partial charge is 0.337 e. The van der Waals surface area contributed by atoms with Gasteiger partial charge < -0.3 is 14.8 Å². The van der Waals surface area contributed by atoms with Crippen molar-refractivity contribution in [2.24, 2.45) is 0 Å². The molecule has 33 heavy (non-hydrogen) atoms. The molecule has 0 bridgehead atoms. The summed E-state index contributed by atoms with van der Waals surface area (Å²) >= 11 is 0. The SMILES string of the molecule is COC(=O)c1ccc(NC(=O)CN(c2ccccc2OC)S(=O)(=O)c2ccc(C)cc2)cc1. The Kier molecular flexibility index (Phi) is 7.34. The third kappa shape index (κ3) is 5.50. The molecule has 0 radical (unpaired) electrons. The summed E-state index contributed by atoms with van der Waals surface area (Å²) in [6.45, 7) is 1.36. The molecule has 0 fully saturated rings. The highest BCUT2D eigenvalue weighted by atomic mass is 32.2. The molecule has 0 aliphatic rings. The van der Waals surface area contributed by atoms with E-state index in [4.69, 9.17) is 4.74 Å². The number of ether oxygens (including phenoxy) is 2. The standard InChI is InChI=1S/C24H24N2O6S/c1-17-8-14-20(15-9-17)33(29,30)26(21-6-4-5-7-22(21)31-2)16-23(27)25-19-12-10-18(11-13-19)24(28)32-3/h4-15H,16H2,1-3H3,(H,25,27). The number of para-hydroxylation sites is 2. The highest BCUT2D eigenvalue weighted by molar-refractivity contribution is 7.92. The zero-order valence-corrected chi connectivity index (χ0v) is 19.3. The van der Waals surface area contributed by atoms with Crippen LogP contribution in [0.15, 0.2) is 77.7 Å². The van der Waals surface area contributed by atoms with Gasteiger partial charge in [-0.25, -0.2) is 13.2 Å². The molecule has 3 aromatic carbocycles. The van der Waals surface area contributed by atoms with Gasteiger partial charge in [0.15, 0.2) is 0 Å². The van der Waals surface area contributed by atoms with Gasteiger partial charge >= 0.3 is 5.97 Å². The molecule has 0 aliphatic heterocycles. The van der Waals surface area contributed by atoms with E-state index in [0.29, 0.717) is 17.0 Å². The quantitative estimate of drug-likeness (QED) is 0.507. The number of nitrogens with one attached hydrogen (secondary N) is 1. The number of hydrogen-bond acceptors (Lipinski definition) is 6. The van der Waals surface area contributed by atoms with E-state index < -0.39 is 28.4 Å². The minimum Gasteiger partial charge on any atom is -0.495 e. The van der Waals surface area contributed by atoms with Crippen LogP contribution in [0.1, 0.15) is 15.9 Å². The van der Waals surface area contributed by atoms with Gasteiger partial charge in [0.05, 0.1) is 30.4 Å². The first kappa shape index (κ1) is 23.8. The highest BCUT2D eigenvalue weighted by Gasteiger charge is 2.29. The third-order valence-electron chi connectivity index (χ3n) is 4.84. The van der Waals surface area contributed by atoms with E-state index >= 15 is 0 Å². The van der Waals surface area contributed by atoms with E-state index in [1.54, 1.807) is 36.4 Å². The summed E-state index contributed by atoms with van der Waals surface area (Å²) in [6, 6.07) is 19.0. The van der Waals surface area contributed by atoms with Crippen LogP contribution < -0.4 is 14.4 Å². The topological polar surface area (TPSA) is 102 Å². The van der Waals surface area contributed by atoms with Crippen LogP contribution in [0.2, 0.25) is 0 Å². The van der Waals surface area contributed by atoms with Crippen molar-refractivity contribution < 1.29 is 27.5 Å². The van der Waals surface area contributed by atoms with E-state index in [9.17, 15) is 18.0 Å². The van der Waals surface area contributed by atoms with E-state index in [1.807, 2.05) is 6.92 Å². The normalized spacial score (nSPS) is 10.9. The predicted octanol–water partition coefficient (Wildman–Crippen LogP) is 3.62. The first-order valence-corrected chi connectivity index (χ1v) is 11.4. The van der Waals surface area contributed by atoms with Crippen molar-refractivity contribution in [3.05, 3.63) is 83.9 Å². The number of nitrogens with zero attached hydrogens (tertiary/aromatic N) is 1. The number of aryl methyl sites for hydroxylation is 1. The average Bonchev–Trinajstić information content (AvgIpc) is 2.82. The van der Waals surface area contributed by atoms with Crippen molar-refractivity contribution in [3.63, 3.8) is 0 Å². The van der Waals surface area contributed by atoms with Gasteiger partial charge in [-0.15, -0.1) is 0 Å². The molecule has 0 saturated heterocycles. The van der Waals surface area contributed by atoms with E-state index in [-0.39, 0.29) is 10.6 Å². The van der Waals surface area contributed by atoms with E-state index in [2.05, 4.69) is 10.1 Å². The second kappa shape index (κ2) is 10.2. The summed E-state index contributed by atoms with van der Waals surface area (Å²) in [5.41, 5.74) is 1.87. The third-order valence-corrected chi connectivity index (χ3v) is 6.61. The van der Waals surface area contributed by atoms with Gasteiger partial charge in [-0.3, -0.25) is 9.10 Å². The van der Waals surface area contributed by atoms with Crippen LogP contribution in [0.5, 0.6) is 5.75 Å². The summed E-state index contributed by atoms with van der Waals surface area (Å²) in [5, 5.41) is 2.66. The maximum Gasteiger partial charge on any atom is 0.337 e. The van der Waals surface area contributed by atoms with Gasteiger partial charge in [-0.05, 0) is 55.5 Å². The summed E-state index contributed by atoms with van der Waals surface area (Å²) in [5.74, 6) is -0.759. The number of anilines is 2. The Balaban J connectivity index is 1.92. The molecule has 1 amide bonds. The molecule has 3 rings (SSSR count). The lowest BCUT2D eigenvalue weighted by Crippen LogP contribution is -2.38. The van der Waals surface area contributed by atoms with Crippen molar-refractivity contribution >= 4 is 33.3 Å². The fourth-order valence-electron chi connectivity index (χ4n) is 3.11. The maximum atomic E-state index is 13.5. The molecule has 0 saturated carbocycles. The molecular formula is C24H24N2O6S. The molecule has 172 valence electrons. The lowest BCUT2D eigenvalue weighted by Gasteiger charge is -2.25. The number of methoxy groups -OCH3 is 2. The number of esters is 1. The van der Waals surface area contributed by atoms with Crippen LogP contribution in [-0.2, 0) is 19.6 Å². The minimum atomic E-state index is -4.08. The van der Waals surface area contributed by atoms with Crippen LogP contribution in [0.4, 0.5) is 11.4 Å². The summed E-state index contributed by atoms with van der Waals surface area (Å²) < 4.78 is 38.0. The van der Waals surface area contributed by atoms with Crippen molar-refractivity contribution in [3.8, 4) is 5.75 Å². The van der Waals surface area contributed by atoms with Crippen LogP contribution in [0.3, 0.4) is 0 Å². The molecule has 0 heterocycles. The number of carbonyl (C=O) groups excluding carboxylic acids is 2. The summed E-state index contributed by atoms with van der Waals surface area (Å²) in [4.78, 5) is 24.5. The Hall–Kier alpha value is -3.85. The van der Waals surface area contributed by atoms with Crippen LogP contribution in [-0.4, -0.2) is 41.1 Å². The summed E-state index contributed by atoms with van der Waals surface area (Å²) in [6.07, 6.45) is 0. The van der Waals surface area contributed by atoms with E-state index in [1.165, 1.54) is 50.6 Å². The number of carbonyl (C=O) groups is 2. The van der Waals surface area contributed by atoms with Crippen LogP contribution >= 0.6 is 0 Å². The summed E-state index contributed by atoms with van der Waals surface area (Å²) in [7, 11) is -1.38. The van der Waals surface area contributed by atoms with Crippen molar-refractivity contribution in [1.29, 1.82) is 0 Å². The van der Waals surface area contributed by atoms with Gasteiger partial charge in [0.1, 0.15) is 12.3 Å². The number of benzene rings is 3. The molecule has 0 aliphatic carbocycles. The van der Waals surface area contributed by atoms with Gasteiger partial charge in [-0.2, -0.15) is 0 Å². The lowest BCUT2D eigenvalue weighted by atomic mass is 10.2. The zero-order valence-electron chi connectivity index (χ0n) is 18.4. The molecule has 0 atom stereocenters. The number of rotatable bonds is 8. The first-order valence-electron chi connectivity index (χ1n) is 9.97. The molecule has 3 aromatic rings. The molecule has 9 heteroatoms. The number of amides is 1. The van der Waals surface area contributed by atoms with E-state index in [0.717, 1.165) is 9.87 Å². The second-order valence-electron chi connectivity index (χ2n) is 7.11. The van der Waals surface area contributed by atoms with Crippen molar-refractivity contribution in [1.82, 2.24) is 0 Å². The lowest BCUT2D eigenvalue weighted by molar-refractivity contribution is -0.114. The Labute approximate surface area is 192 Å². The fourth-order valence-corrected chi connectivity index (χ4v) is 4.54. The Morgan fingerprint density at radius 3 is 2.15 bits per heavy atom. The average molecular weight is 469 g/mol. The number of hydrogen-bond donors (Lipinski definition) is 1. The van der Waals surface area contributed by atoms with Gasteiger partial charge in [0, 0.05) is 5.69 Å². The highest BCUT2D eigenvalue weighted by Crippen LogP contribution is 2.32. The minimum absolute atomic E-state index is 0.0502. The Morgan fingerprint density at radius 2 is 1.55 bits per heavy atom. The zero-order chi connectivity index (χ0) is 24.0. The first-order chi connectivity index (χ1) is 15.8.